The second kappa shape index (κ2) is 8.09. The number of nitrogens with one attached hydrogen (secondary N) is 2. The number of aryl methyl sites for hydroxylation is 1. The number of pyridine rings is 2. The number of alkyl halides is 3. The second-order valence-electron chi connectivity index (χ2n) is 5.98. The van der Waals surface area contributed by atoms with E-state index in [0.29, 0.717) is 17.5 Å². The van der Waals surface area contributed by atoms with E-state index in [1.165, 1.54) is 12.3 Å². The Kier molecular flexibility index (Phi) is 5.57. The lowest BCUT2D eigenvalue weighted by atomic mass is 10.1. The van der Waals surface area contributed by atoms with Crippen molar-refractivity contribution >= 4 is 23.2 Å². The average molecular weight is 403 g/mol. The number of rotatable bonds is 6. The Bertz CT molecular complexity index is 1040. The maximum atomic E-state index is 13.2. The van der Waals surface area contributed by atoms with Gasteiger partial charge in [0.15, 0.2) is 0 Å². The smallest absolute Gasteiger partial charge is 0.380 e. The number of halogens is 3. The van der Waals surface area contributed by atoms with Crippen LogP contribution in [0.3, 0.4) is 0 Å². The van der Waals surface area contributed by atoms with Gasteiger partial charge >= 0.3 is 6.18 Å². The summed E-state index contributed by atoms with van der Waals surface area (Å²) in [6.45, 7) is 1.49. The summed E-state index contributed by atoms with van der Waals surface area (Å²) in [6, 6.07) is 3.97. The zero-order valence-electron chi connectivity index (χ0n) is 15.2. The number of aromatic nitrogens is 4. The lowest BCUT2D eigenvalue weighted by Gasteiger charge is -2.15. The van der Waals surface area contributed by atoms with Gasteiger partial charge < -0.3 is 16.4 Å². The highest BCUT2D eigenvalue weighted by molar-refractivity contribution is 5.98. The number of amides is 1. The molecule has 3 rings (SSSR count). The molecular formula is C18H16F3N7O. The van der Waals surface area contributed by atoms with E-state index in [1.807, 2.05) is 0 Å². The predicted molar refractivity (Wildman–Crippen MR) is 99.4 cm³/mol. The van der Waals surface area contributed by atoms with E-state index in [1.54, 1.807) is 19.2 Å². The Labute approximate surface area is 163 Å². The third-order valence-electron chi connectivity index (χ3n) is 3.88. The van der Waals surface area contributed by atoms with E-state index < -0.39 is 17.6 Å². The van der Waals surface area contributed by atoms with E-state index in [9.17, 15) is 18.0 Å². The molecular weight excluding hydrogens is 387 g/mol. The summed E-state index contributed by atoms with van der Waals surface area (Å²) in [6.07, 6.45) is 0.447. The number of carbonyl (C=O) groups is 1. The van der Waals surface area contributed by atoms with Crippen LogP contribution in [0.5, 0.6) is 0 Å². The van der Waals surface area contributed by atoms with Crippen molar-refractivity contribution in [2.75, 3.05) is 10.6 Å². The standard InChI is InChI=1S/C18H16F3N7O/c1-10-24-5-3-15(27-10)28-16-6-14(12(9-26-16)17(22)29)25-8-11-7-23-4-2-13(11)18(19,20)21/h2-7,9H,8H2,1H3,(H2,22,29)(H2,24,25,26,27,28). The summed E-state index contributed by atoms with van der Waals surface area (Å²) in [7, 11) is 0. The number of carbonyl (C=O) groups excluding carboxylic acids is 1. The van der Waals surface area contributed by atoms with E-state index in [-0.39, 0.29) is 23.4 Å². The Morgan fingerprint density at radius 1 is 1.14 bits per heavy atom. The third kappa shape index (κ3) is 4.94. The van der Waals surface area contributed by atoms with Crippen molar-refractivity contribution < 1.29 is 18.0 Å². The van der Waals surface area contributed by atoms with Crippen molar-refractivity contribution in [3.05, 3.63) is 65.5 Å². The largest absolute Gasteiger partial charge is 0.416 e. The van der Waals surface area contributed by atoms with Crippen molar-refractivity contribution in [2.45, 2.75) is 19.6 Å². The van der Waals surface area contributed by atoms with Gasteiger partial charge in [0, 0.05) is 43.0 Å². The Morgan fingerprint density at radius 3 is 2.62 bits per heavy atom. The highest BCUT2D eigenvalue weighted by Crippen LogP contribution is 2.32. The molecule has 0 aliphatic carbocycles. The molecule has 4 N–H and O–H groups in total. The van der Waals surface area contributed by atoms with Crippen molar-refractivity contribution in [3.8, 4) is 0 Å². The Morgan fingerprint density at radius 2 is 1.93 bits per heavy atom. The maximum Gasteiger partial charge on any atom is 0.416 e. The van der Waals surface area contributed by atoms with Crippen LogP contribution in [-0.2, 0) is 12.7 Å². The molecule has 3 heterocycles. The average Bonchev–Trinajstić information content (AvgIpc) is 2.66. The van der Waals surface area contributed by atoms with Gasteiger partial charge in [0.25, 0.3) is 5.91 Å². The fourth-order valence-electron chi connectivity index (χ4n) is 2.56. The molecule has 3 aromatic heterocycles. The molecule has 0 spiro atoms. The van der Waals surface area contributed by atoms with Gasteiger partial charge in [-0.15, -0.1) is 0 Å². The number of hydrogen-bond acceptors (Lipinski definition) is 7. The highest BCUT2D eigenvalue weighted by atomic mass is 19.4. The van der Waals surface area contributed by atoms with Crippen LogP contribution in [0, 0.1) is 6.92 Å². The summed E-state index contributed by atoms with van der Waals surface area (Å²) in [4.78, 5) is 27.7. The van der Waals surface area contributed by atoms with Gasteiger partial charge in [-0.05, 0) is 19.1 Å². The zero-order valence-corrected chi connectivity index (χ0v) is 15.2. The van der Waals surface area contributed by atoms with Crippen molar-refractivity contribution in [1.29, 1.82) is 0 Å². The molecule has 0 atom stereocenters. The monoisotopic (exact) mass is 403 g/mol. The Balaban J connectivity index is 1.87. The minimum atomic E-state index is -4.53. The molecule has 0 aromatic carbocycles. The first-order valence-electron chi connectivity index (χ1n) is 8.34. The van der Waals surface area contributed by atoms with Crippen LogP contribution in [0.1, 0.15) is 27.3 Å². The number of primary amides is 1. The first-order valence-corrected chi connectivity index (χ1v) is 8.34. The molecule has 0 radical (unpaired) electrons. The summed E-state index contributed by atoms with van der Waals surface area (Å²) in [5.41, 5.74) is 4.72. The Hall–Kier alpha value is -3.76. The van der Waals surface area contributed by atoms with E-state index in [4.69, 9.17) is 5.73 Å². The van der Waals surface area contributed by atoms with Crippen molar-refractivity contribution in [2.24, 2.45) is 5.73 Å². The molecule has 8 nitrogen and oxygen atoms in total. The molecule has 0 saturated carbocycles. The molecule has 0 fully saturated rings. The fraction of sp³-hybridized carbons (Fsp3) is 0.167. The zero-order chi connectivity index (χ0) is 21.0. The van der Waals surface area contributed by atoms with Gasteiger partial charge in [-0.25, -0.2) is 15.0 Å². The number of nitrogens with zero attached hydrogens (tertiary/aromatic N) is 4. The lowest BCUT2D eigenvalue weighted by molar-refractivity contribution is -0.138. The van der Waals surface area contributed by atoms with Crippen LogP contribution >= 0.6 is 0 Å². The third-order valence-corrected chi connectivity index (χ3v) is 3.88. The molecule has 150 valence electrons. The summed E-state index contributed by atoms with van der Waals surface area (Å²) in [5, 5.41) is 5.75. The van der Waals surface area contributed by atoms with Gasteiger partial charge in [0.05, 0.1) is 16.8 Å². The number of anilines is 3. The molecule has 29 heavy (non-hydrogen) atoms. The van der Waals surface area contributed by atoms with Crippen LogP contribution in [-0.4, -0.2) is 25.8 Å². The normalized spacial score (nSPS) is 11.2. The van der Waals surface area contributed by atoms with Crippen LogP contribution in [0.2, 0.25) is 0 Å². The molecule has 0 unspecified atom stereocenters. The molecule has 0 bridgehead atoms. The van der Waals surface area contributed by atoms with Crippen LogP contribution in [0.15, 0.2) is 43.0 Å². The lowest BCUT2D eigenvalue weighted by Crippen LogP contribution is -2.17. The number of hydrogen-bond donors (Lipinski definition) is 3. The topological polar surface area (TPSA) is 119 Å². The van der Waals surface area contributed by atoms with Gasteiger partial charge in [-0.3, -0.25) is 9.78 Å². The summed E-state index contributed by atoms with van der Waals surface area (Å²) < 4.78 is 39.5. The summed E-state index contributed by atoms with van der Waals surface area (Å²) in [5.74, 6) is 0.553. The van der Waals surface area contributed by atoms with Crippen LogP contribution in [0.4, 0.5) is 30.5 Å². The van der Waals surface area contributed by atoms with Gasteiger partial charge in [0.1, 0.15) is 17.5 Å². The van der Waals surface area contributed by atoms with Crippen LogP contribution < -0.4 is 16.4 Å². The van der Waals surface area contributed by atoms with Gasteiger partial charge in [-0.1, -0.05) is 0 Å². The quantitative estimate of drug-likeness (QED) is 0.579. The van der Waals surface area contributed by atoms with E-state index in [2.05, 4.69) is 30.6 Å². The maximum absolute atomic E-state index is 13.2. The molecule has 3 aromatic rings. The fourth-order valence-corrected chi connectivity index (χ4v) is 2.56. The van der Waals surface area contributed by atoms with Gasteiger partial charge in [-0.2, -0.15) is 13.2 Å². The molecule has 1 amide bonds. The molecule has 0 saturated heterocycles. The van der Waals surface area contributed by atoms with E-state index >= 15 is 0 Å². The molecule has 11 heteroatoms. The number of nitrogens with two attached hydrogens (primary N) is 1. The van der Waals surface area contributed by atoms with Crippen LogP contribution in [0.25, 0.3) is 0 Å². The molecule has 0 aliphatic heterocycles. The highest BCUT2D eigenvalue weighted by Gasteiger charge is 2.33. The SMILES string of the molecule is Cc1nccc(Nc2cc(NCc3cnccc3C(F)(F)F)c(C(N)=O)cn2)n1. The first kappa shape index (κ1) is 20.0. The van der Waals surface area contributed by atoms with E-state index in [0.717, 1.165) is 18.5 Å². The van der Waals surface area contributed by atoms with Crippen molar-refractivity contribution in [3.63, 3.8) is 0 Å². The van der Waals surface area contributed by atoms with Gasteiger partial charge in [0.2, 0.25) is 0 Å². The molecule has 0 aliphatic rings. The minimum absolute atomic E-state index is 0.0341. The summed E-state index contributed by atoms with van der Waals surface area (Å²) >= 11 is 0. The van der Waals surface area contributed by atoms with Crippen molar-refractivity contribution in [1.82, 2.24) is 19.9 Å². The second-order valence-corrected chi connectivity index (χ2v) is 5.98. The predicted octanol–water partition coefficient (Wildman–Crippen LogP) is 3.05. The first-order chi connectivity index (χ1) is 13.7. The minimum Gasteiger partial charge on any atom is -0.380 e.